The van der Waals surface area contributed by atoms with Crippen molar-refractivity contribution in [3.63, 3.8) is 0 Å². The molecular formula is C27H22ClNO2. The molecule has 0 aromatic heterocycles. The lowest BCUT2D eigenvalue weighted by Gasteiger charge is -2.54. The molecule has 1 saturated heterocycles. The van der Waals surface area contributed by atoms with Crippen molar-refractivity contribution in [2.45, 2.75) is 31.6 Å². The van der Waals surface area contributed by atoms with Crippen molar-refractivity contribution in [3.05, 3.63) is 99.6 Å². The third-order valence-electron chi connectivity index (χ3n) is 7.76. The highest BCUT2D eigenvalue weighted by Gasteiger charge is 2.67. The smallest absolute Gasteiger partial charge is 0.238 e. The van der Waals surface area contributed by atoms with E-state index in [9.17, 15) is 9.59 Å². The van der Waals surface area contributed by atoms with E-state index >= 15 is 0 Å². The minimum atomic E-state index is -0.499. The van der Waals surface area contributed by atoms with Gasteiger partial charge in [0.2, 0.25) is 11.8 Å². The van der Waals surface area contributed by atoms with Crippen LogP contribution in [0.15, 0.2) is 66.7 Å². The molecule has 0 saturated carbocycles. The molecule has 1 heterocycles. The molecule has 3 aromatic rings. The molecule has 3 aliphatic carbocycles. The number of carbonyl (C=O) groups excluding carboxylic acids is 2. The van der Waals surface area contributed by atoms with Crippen molar-refractivity contribution < 1.29 is 9.59 Å². The molecule has 0 radical (unpaired) electrons. The number of benzene rings is 3. The molecule has 31 heavy (non-hydrogen) atoms. The fourth-order valence-corrected chi connectivity index (χ4v) is 6.76. The highest BCUT2D eigenvalue weighted by Crippen LogP contribution is 2.65. The number of nitrogens with zero attached hydrogens (tertiary/aromatic N) is 1. The molecule has 2 amide bonds. The van der Waals surface area contributed by atoms with Gasteiger partial charge in [0, 0.05) is 16.4 Å². The van der Waals surface area contributed by atoms with Gasteiger partial charge in [-0.25, -0.2) is 4.90 Å². The van der Waals surface area contributed by atoms with Crippen LogP contribution >= 0.6 is 11.6 Å². The maximum atomic E-state index is 14.0. The number of hydrogen-bond donors (Lipinski definition) is 0. The SMILES string of the molecule is CCC12c3ccccc3C(c3ccccc31)C1C(=O)N(c3cc(Cl)ccc3C)C(=O)C12. The minimum Gasteiger partial charge on any atom is -0.274 e. The Labute approximate surface area is 186 Å². The highest BCUT2D eigenvalue weighted by atomic mass is 35.5. The van der Waals surface area contributed by atoms with Crippen molar-refractivity contribution in [1.82, 2.24) is 0 Å². The van der Waals surface area contributed by atoms with Gasteiger partial charge in [0.1, 0.15) is 0 Å². The second kappa shape index (κ2) is 6.30. The fraction of sp³-hybridized carbons (Fsp3) is 0.259. The summed E-state index contributed by atoms with van der Waals surface area (Å²) in [6.45, 7) is 4.06. The number of halogens is 1. The summed E-state index contributed by atoms with van der Waals surface area (Å²) in [4.78, 5) is 29.4. The van der Waals surface area contributed by atoms with Crippen LogP contribution in [-0.2, 0) is 15.0 Å². The van der Waals surface area contributed by atoms with Crippen LogP contribution in [0.3, 0.4) is 0 Å². The molecule has 2 unspecified atom stereocenters. The molecule has 4 aliphatic rings. The summed E-state index contributed by atoms with van der Waals surface area (Å²) in [5.41, 5.74) is 5.76. The van der Waals surface area contributed by atoms with Crippen molar-refractivity contribution >= 4 is 29.1 Å². The summed E-state index contributed by atoms with van der Waals surface area (Å²) in [6, 6.07) is 22.2. The van der Waals surface area contributed by atoms with Gasteiger partial charge < -0.3 is 0 Å². The van der Waals surface area contributed by atoms with E-state index in [1.54, 1.807) is 12.1 Å². The Balaban J connectivity index is 1.65. The lowest BCUT2D eigenvalue weighted by molar-refractivity contribution is -0.123. The molecule has 2 bridgehead atoms. The Morgan fingerprint density at radius 1 is 0.903 bits per heavy atom. The summed E-state index contributed by atoms with van der Waals surface area (Å²) < 4.78 is 0. The van der Waals surface area contributed by atoms with Gasteiger partial charge >= 0.3 is 0 Å². The van der Waals surface area contributed by atoms with Gasteiger partial charge in [0.05, 0.1) is 17.5 Å². The molecule has 7 rings (SSSR count). The van der Waals surface area contributed by atoms with Crippen LogP contribution in [0.5, 0.6) is 0 Å². The van der Waals surface area contributed by atoms with Gasteiger partial charge in [-0.1, -0.05) is 73.1 Å². The van der Waals surface area contributed by atoms with Gasteiger partial charge in [-0.15, -0.1) is 0 Å². The molecule has 3 aromatic carbocycles. The second-order valence-corrected chi connectivity index (χ2v) is 9.36. The van der Waals surface area contributed by atoms with Crippen LogP contribution in [0.1, 0.15) is 47.1 Å². The van der Waals surface area contributed by atoms with E-state index in [0.29, 0.717) is 10.7 Å². The maximum Gasteiger partial charge on any atom is 0.238 e. The van der Waals surface area contributed by atoms with Crippen LogP contribution in [0, 0.1) is 18.8 Å². The Kier molecular flexibility index (Phi) is 3.83. The number of hydrogen-bond acceptors (Lipinski definition) is 2. The molecule has 2 atom stereocenters. The summed E-state index contributed by atoms with van der Waals surface area (Å²) in [5.74, 6) is -1.11. The molecule has 3 nitrogen and oxygen atoms in total. The third-order valence-corrected chi connectivity index (χ3v) is 8.00. The fourth-order valence-electron chi connectivity index (χ4n) is 6.59. The first-order valence-electron chi connectivity index (χ1n) is 10.8. The lowest BCUT2D eigenvalue weighted by Crippen LogP contribution is -2.53. The molecule has 1 aliphatic heterocycles. The maximum absolute atomic E-state index is 14.0. The zero-order valence-electron chi connectivity index (χ0n) is 17.4. The predicted octanol–water partition coefficient (Wildman–Crippen LogP) is 5.61. The van der Waals surface area contributed by atoms with Crippen LogP contribution in [0.4, 0.5) is 5.69 Å². The van der Waals surface area contributed by atoms with Gasteiger partial charge in [0.25, 0.3) is 0 Å². The lowest BCUT2D eigenvalue weighted by atomic mass is 9.46. The number of imide groups is 1. The predicted molar refractivity (Wildman–Crippen MR) is 121 cm³/mol. The van der Waals surface area contributed by atoms with E-state index < -0.39 is 17.3 Å². The monoisotopic (exact) mass is 427 g/mol. The number of aryl methyl sites for hydroxylation is 1. The summed E-state index contributed by atoms with van der Waals surface area (Å²) >= 11 is 6.26. The van der Waals surface area contributed by atoms with Gasteiger partial charge in [-0.3, -0.25) is 9.59 Å². The average Bonchev–Trinajstić information content (AvgIpc) is 3.06. The van der Waals surface area contributed by atoms with Crippen LogP contribution in [0.2, 0.25) is 5.02 Å². The Hall–Kier alpha value is -2.91. The molecule has 1 fully saturated rings. The van der Waals surface area contributed by atoms with Gasteiger partial charge in [-0.05, 0) is 53.3 Å². The summed E-state index contributed by atoms with van der Waals surface area (Å²) in [5, 5.41) is 0.524. The summed E-state index contributed by atoms with van der Waals surface area (Å²) in [7, 11) is 0. The van der Waals surface area contributed by atoms with Crippen LogP contribution in [0.25, 0.3) is 0 Å². The van der Waals surface area contributed by atoms with Gasteiger partial charge in [0.15, 0.2) is 0 Å². The van der Waals surface area contributed by atoms with Crippen molar-refractivity contribution in [3.8, 4) is 0 Å². The Bertz CT molecular complexity index is 1230. The van der Waals surface area contributed by atoms with Crippen molar-refractivity contribution in [1.29, 1.82) is 0 Å². The molecule has 0 spiro atoms. The number of carbonyl (C=O) groups is 2. The van der Waals surface area contributed by atoms with E-state index in [-0.39, 0.29) is 17.7 Å². The minimum absolute atomic E-state index is 0.101. The molecular weight excluding hydrogens is 406 g/mol. The van der Waals surface area contributed by atoms with Crippen LogP contribution < -0.4 is 4.90 Å². The largest absolute Gasteiger partial charge is 0.274 e. The van der Waals surface area contributed by atoms with Crippen molar-refractivity contribution in [2.75, 3.05) is 4.90 Å². The highest BCUT2D eigenvalue weighted by molar-refractivity contribution is 6.31. The molecule has 4 heteroatoms. The van der Waals surface area contributed by atoms with E-state index in [0.717, 1.165) is 12.0 Å². The molecule has 154 valence electrons. The van der Waals surface area contributed by atoms with E-state index in [1.807, 2.05) is 25.1 Å². The average molecular weight is 428 g/mol. The first-order chi connectivity index (χ1) is 15.0. The first kappa shape index (κ1) is 18.8. The second-order valence-electron chi connectivity index (χ2n) is 8.92. The number of anilines is 1. The first-order valence-corrected chi connectivity index (χ1v) is 11.2. The quantitative estimate of drug-likeness (QED) is 0.498. The normalized spacial score (nSPS) is 27.8. The molecule has 0 N–H and O–H groups in total. The Morgan fingerprint density at radius 3 is 2.13 bits per heavy atom. The van der Waals surface area contributed by atoms with Crippen molar-refractivity contribution in [2.24, 2.45) is 11.8 Å². The third kappa shape index (κ3) is 2.15. The number of amides is 2. The zero-order valence-corrected chi connectivity index (χ0v) is 18.2. The van der Waals surface area contributed by atoms with E-state index in [1.165, 1.54) is 27.2 Å². The van der Waals surface area contributed by atoms with E-state index in [4.69, 9.17) is 11.6 Å². The topological polar surface area (TPSA) is 37.4 Å². The van der Waals surface area contributed by atoms with E-state index in [2.05, 4.69) is 43.3 Å². The zero-order chi connectivity index (χ0) is 21.5. The van der Waals surface area contributed by atoms with Gasteiger partial charge in [-0.2, -0.15) is 0 Å². The summed E-state index contributed by atoms with van der Waals surface area (Å²) in [6.07, 6.45) is 0.760. The van der Waals surface area contributed by atoms with Crippen LogP contribution in [-0.4, -0.2) is 11.8 Å². The number of rotatable bonds is 2. The standard InChI is InChI=1S/C27H22ClNO2/c1-3-27-19-10-6-4-8-17(19)22(18-9-5-7-11-20(18)27)23-24(27)26(31)29(25(23)30)21-14-16(28)13-12-15(21)2/h4-14,22-24H,3H2,1-2H3. The Morgan fingerprint density at radius 2 is 1.52 bits per heavy atom.